The summed E-state index contributed by atoms with van der Waals surface area (Å²) in [5, 5.41) is 10.8. The van der Waals surface area contributed by atoms with Crippen molar-refractivity contribution >= 4 is 39.5 Å². The number of fused-ring (bicyclic) bond motifs is 1. The maximum Gasteiger partial charge on any atom is 0.261 e. The van der Waals surface area contributed by atoms with Crippen LogP contribution in [0.4, 0.5) is 0 Å². The molecule has 3 rings (SSSR count). The monoisotopic (exact) mass is 362 g/mol. The third-order valence-electron chi connectivity index (χ3n) is 3.76. The number of aryl methyl sites for hydroxylation is 1. The molecule has 2 N–H and O–H groups in total. The third kappa shape index (κ3) is 3.26. The zero-order valence-corrected chi connectivity index (χ0v) is 15.1. The number of methoxy groups -OCH3 is 1. The van der Waals surface area contributed by atoms with Gasteiger partial charge in [-0.2, -0.15) is 5.10 Å². The van der Waals surface area contributed by atoms with Gasteiger partial charge in [0, 0.05) is 30.5 Å². The van der Waals surface area contributed by atoms with Gasteiger partial charge in [0.1, 0.15) is 5.82 Å². The van der Waals surface area contributed by atoms with E-state index in [9.17, 15) is 4.79 Å². The van der Waals surface area contributed by atoms with Crippen LogP contribution in [0.25, 0.3) is 10.1 Å². The molecule has 0 fully saturated rings. The van der Waals surface area contributed by atoms with Gasteiger partial charge in [-0.15, -0.1) is 11.3 Å². The van der Waals surface area contributed by atoms with Gasteiger partial charge in [0.15, 0.2) is 4.77 Å². The fraction of sp³-hybridized carbons (Fsp3) is 0.312. The van der Waals surface area contributed by atoms with E-state index in [2.05, 4.69) is 15.5 Å². The van der Waals surface area contributed by atoms with Crippen molar-refractivity contribution < 1.29 is 9.53 Å². The average molecular weight is 362 g/mol. The van der Waals surface area contributed by atoms with Crippen LogP contribution in [0.3, 0.4) is 0 Å². The first-order valence-electron chi connectivity index (χ1n) is 7.51. The van der Waals surface area contributed by atoms with Crippen molar-refractivity contribution in [1.29, 1.82) is 0 Å². The fourth-order valence-electron chi connectivity index (χ4n) is 2.59. The van der Waals surface area contributed by atoms with Crippen molar-refractivity contribution in [3.63, 3.8) is 0 Å². The Morgan fingerprint density at radius 1 is 1.46 bits per heavy atom. The molecule has 2 heterocycles. The summed E-state index contributed by atoms with van der Waals surface area (Å²) in [6, 6.07) is 7.98. The molecule has 0 bridgehead atoms. The van der Waals surface area contributed by atoms with Crippen molar-refractivity contribution in [2.24, 2.45) is 0 Å². The Bertz CT molecular complexity index is 926. The maximum atomic E-state index is 12.6. The molecule has 1 amide bonds. The molecule has 1 aromatic carbocycles. The van der Waals surface area contributed by atoms with Gasteiger partial charge in [0.05, 0.1) is 11.5 Å². The zero-order chi connectivity index (χ0) is 17.1. The van der Waals surface area contributed by atoms with Crippen LogP contribution in [-0.2, 0) is 17.9 Å². The molecule has 3 aromatic rings. The predicted octanol–water partition coefficient (Wildman–Crippen LogP) is 3.04. The average Bonchev–Trinajstić information content (AvgIpc) is 3.10. The largest absolute Gasteiger partial charge is 0.380 e. The Balaban J connectivity index is 1.76. The number of thiophene rings is 1. The van der Waals surface area contributed by atoms with E-state index in [0.717, 1.165) is 21.5 Å². The zero-order valence-electron chi connectivity index (χ0n) is 13.5. The standard InChI is InChI=1S/C16H18N4O2S2/c1-10-18-19-16(23)20(10)8-7-17-15(21)14-12(9-22-2)11-5-3-4-6-13(11)24-14/h3-6H,7-9H2,1-2H3,(H,17,21)(H,19,23). The van der Waals surface area contributed by atoms with E-state index in [1.165, 1.54) is 11.3 Å². The van der Waals surface area contributed by atoms with Crippen LogP contribution in [0.5, 0.6) is 0 Å². The quantitative estimate of drug-likeness (QED) is 0.661. The van der Waals surface area contributed by atoms with E-state index < -0.39 is 0 Å². The number of nitrogens with one attached hydrogen (secondary N) is 2. The van der Waals surface area contributed by atoms with Crippen molar-refractivity contribution in [2.45, 2.75) is 20.1 Å². The first-order valence-corrected chi connectivity index (χ1v) is 8.73. The number of aromatic amines is 1. The van der Waals surface area contributed by atoms with Crippen LogP contribution >= 0.6 is 23.6 Å². The van der Waals surface area contributed by atoms with Gasteiger partial charge in [-0.1, -0.05) is 18.2 Å². The van der Waals surface area contributed by atoms with Crippen LogP contribution in [-0.4, -0.2) is 34.3 Å². The lowest BCUT2D eigenvalue weighted by Crippen LogP contribution is -2.27. The van der Waals surface area contributed by atoms with E-state index in [4.69, 9.17) is 17.0 Å². The second-order valence-corrected chi connectivity index (χ2v) is 6.76. The van der Waals surface area contributed by atoms with Gasteiger partial charge in [-0.3, -0.25) is 9.89 Å². The van der Waals surface area contributed by atoms with E-state index in [1.807, 2.05) is 35.8 Å². The Hall–Kier alpha value is -2.03. The minimum Gasteiger partial charge on any atom is -0.380 e. The molecule has 0 aliphatic carbocycles. The Labute approximate surface area is 148 Å². The molecule has 0 unspecified atom stereocenters. The van der Waals surface area contributed by atoms with Gasteiger partial charge >= 0.3 is 0 Å². The number of rotatable bonds is 6. The maximum absolute atomic E-state index is 12.6. The molecule has 24 heavy (non-hydrogen) atoms. The second-order valence-electron chi connectivity index (χ2n) is 5.32. The molecule has 0 spiro atoms. The number of amides is 1. The second kappa shape index (κ2) is 7.25. The number of hydrogen-bond donors (Lipinski definition) is 2. The highest BCUT2D eigenvalue weighted by molar-refractivity contribution is 7.71. The minimum absolute atomic E-state index is 0.0871. The highest BCUT2D eigenvalue weighted by Crippen LogP contribution is 2.31. The molecule has 0 atom stereocenters. The number of ether oxygens (including phenoxy) is 1. The van der Waals surface area contributed by atoms with E-state index >= 15 is 0 Å². The summed E-state index contributed by atoms with van der Waals surface area (Å²) in [6.07, 6.45) is 0. The SMILES string of the molecule is COCc1c(C(=O)NCCn2c(C)n[nH]c2=S)sc2ccccc12. The summed E-state index contributed by atoms with van der Waals surface area (Å²) in [7, 11) is 1.64. The molecule has 2 aromatic heterocycles. The molecule has 0 aliphatic heterocycles. The lowest BCUT2D eigenvalue weighted by Gasteiger charge is -2.07. The number of benzene rings is 1. The van der Waals surface area contributed by atoms with Gasteiger partial charge in [0.2, 0.25) is 0 Å². The molecular formula is C16H18N4O2S2. The fourth-order valence-corrected chi connectivity index (χ4v) is 3.98. The molecule has 0 aliphatic rings. The lowest BCUT2D eigenvalue weighted by atomic mass is 10.1. The molecule has 0 saturated heterocycles. The number of aromatic nitrogens is 3. The van der Waals surface area contributed by atoms with Crippen LogP contribution in [0.15, 0.2) is 24.3 Å². The number of carbonyl (C=O) groups excluding carboxylic acids is 1. The molecule has 0 radical (unpaired) electrons. The number of hydrogen-bond acceptors (Lipinski definition) is 5. The predicted molar refractivity (Wildman–Crippen MR) is 97.0 cm³/mol. The normalized spacial score (nSPS) is 11.1. The first kappa shape index (κ1) is 16.8. The summed E-state index contributed by atoms with van der Waals surface area (Å²) in [5.41, 5.74) is 0.937. The summed E-state index contributed by atoms with van der Waals surface area (Å²) in [6.45, 7) is 3.35. The number of H-pyrrole nitrogens is 1. The summed E-state index contributed by atoms with van der Waals surface area (Å²) >= 11 is 6.65. The van der Waals surface area contributed by atoms with Crippen molar-refractivity contribution in [2.75, 3.05) is 13.7 Å². The van der Waals surface area contributed by atoms with Gasteiger partial charge < -0.3 is 14.6 Å². The molecule has 126 valence electrons. The number of carbonyl (C=O) groups is 1. The Morgan fingerprint density at radius 2 is 2.25 bits per heavy atom. The van der Waals surface area contributed by atoms with Gasteiger partial charge in [0.25, 0.3) is 5.91 Å². The van der Waals surface area contributed by atoms with Gasteiger partial charge in [-0.05, 0) is 30.6 Å². The van der Waals surface area contributed by atoms with Crippen LogP contribution < -0.4 is 5.32 Å². The molecule has 0 saturated carbocycles. The molecule has 6 nitrogen and oxygen atoms in total. The topological polar surface area (TPSA) is 71.9 Å². The Morgan fingerprint density at radius 3 is 2.96 bits per heavy atom. The Kier molecular flexibility index (Phi) is 5.08. The van der Waals surface area contributed by atoms with Crippen molar-refractivity contribution in [1.82, 2.24) is 20.1 Å². The van der Waals surface area contributed by atoms with Crippen LogP contribution in [0, 0.1) is 11.7 Å². The van der Waals surface area contributed by atoms with Crippen LogP contribution in [0.2, 0.25) is 0 Å². The minimum atomic E-state index is -0.0871. The summed E-state index contributed by atoms with van der Waals surface area (Å²) in [4.78, 5) is 13.3. The van der Waals surface area contributed by atoms with E-state index in [0.29, 0.717) is 29.3 Å². The first-order chi connectivity index (χ1) is 11.6. The molecular weight excluding hydrogens is 344 g/mol. The van der Waals surface area contributed by atoms with Crippen molar-refractivity contribution in [3.05, 3.63) is 45.3 Å². The lowest BCUT2D eigenvalue weighted by molar-refractivity contribution is 0.0952. The summed E-state index contributed by atoms with van der Waals surface area (Å²) in [5.74, 6) is 0.715. The third-order valence-corrected chi connectivity index (χ3v) is 5.29. The number of nitrogens with zero attached hydrogens (tertiary/aromatic N) is 2. The van der Waals surface area contributed by atoms with E-state index in [1.54, 1.807) is 7.11 Å². The highest BCUT2D eigenvalue weighted by Gasteiger charge is 2.17. The highest BCUT2D eigenvalue weighted by atomic mass is 32.1. The summed E-state index contributed by atoms with van der Waals surface area (Å²) < 4.78 is 8.78. The van der Waals surface area contributed by atoms with Gasteiger partial charge in [-0.25, -0.2) is 0 Å². The van der Waals surface area contributed by atoms with E-state index in [-0.39, 0.29) is 5.91 Å². The van der Waals surface area contributed by atoms with Crippen molar-refractivity contribution in [3.8, 4) is 0 Å². The van der Waals surface area contributed by atoms with Crippen LogP contribution in [0.1, 0.15) is 21.1 Å². The molecule has 8 heteroatoms. The smallest absolute Gasteiger partial charge is 0.261 e.